The van der Waals surface area contributed by atoms with E-state index in [9.17, 15) is 28.8 Å². The molecule has 0 unspecified atom stereocenters. The van der Waals surface area contributed by atoms with Gasteiger partial charge in [-0.05, 0) is 98.7 Å². The summed E-state index contributed by atoms with van der Waals surface area (Å²) in [4.78, 5) is 85.2. The fraction of sp³-hybridized carbons (Fsp3) is 0.479. The number of nitrogens with one attached hydrogen (secondary N) is 5. The van der Waals surface area contributed by atoms with Crippen LogP contribution >= 0.6 is 0 Å². The number of hydrogen-bond donors (Lipinski definition) is 8. The summed E-state index contributed by atoms with van der Waals surface area (Å²) >= 11 is 0. The monoisotopic (exact) mass is 911 g/mol. The Morgan fingerprint density at radius 2 is 1.53 bits per heavy atom. The van der Waals surface area contributed by atoms with Crippen molar-refractivity contribution in [2.45, 2.75) is 103 Å². The van der Waals surface area contributed by atoms with Crippen molar-refractivity contribution in [3.05, 3.63) is 82.4 Å². The highest BCUT2D eigenvalue weighted by Crippen LogP contribution is 2.40. The minimum absolute atomic E-state index is 0.00467. The first-order valence-electron chi connectivity index (χ1n) is 22.6. The van der Waals surface area contributed by atoms with Crippen molar-refractivity contribution in [2.75, 3.05) is 46.4 Å². The number of fused-ring (bicyclic) bond motifs is 5. The van der Waals surface area contributed by atoms with E-state index in [1.807, 2.05) is 32.0 Å². The van der Waals surface area contributed by atoms with E-state index in [4.69, 9.17) is 31.9 Å². The quantitative estimate of drug-likeness (QED) is 0.0711. The first-order valence-corrected chi connectivity index (χ1v) is 22.6. The molecule has 0 aliphatic carbocycles. The third-order valence-electron chi connectivity index (χ3n) is 11.2. The Labute approximate surface area is 387 Å². The van der Waals surface area contributed by atoms with Crippen molar-refractivity contribution >= 4 is 35.4 Å². The highest BCUT2D eigenvalue weighted by atomic mass is 16.5. The Morgan fingerprint density at radius 3 is 2.15 bits per heavy atom. The fourth-order valence-corrected chi connectivity index (χ4v) is 7.71. The second kappa shape index (κ2) is 25.8. The Balaban J connectivity index is 1.78. The number of amides is 6. The number of likely N-dealkylation sites (N-methyl/N-ethyl adjacent to an activating group) is 1. The predicted octanol–water partition coefficient (Wildman–Crippen LogP) is 1.80. The molecular weight excluding hydrogens is 845 g/mol. The molecule has 66 heavy (non-hydrogen) atoms. The number of rotatable bonds is 21. The summed E-state index contributed by atoms with van der Waals surface area (Å²) in [5.41, 5.74) is 21.8. The first-order chi connectivity index (χ1) is 31.7. The topological polar surface area (TPSA) is 286 Å². The maximum absolute atomic E-state index is 14.7. The summed E-state index contributed by atoms with van der Waals surface area (Å²) in [6.07, 6.45) is 3.74. The minimum atomic E-state index is -1.42. The normalized spacial score (nSPS) is 16.8. The van der Waals surface area contributed by atoms with Crippen molar-refractivity contribution in [2.24, 2.45) is 17.2 Å². The lowest BCUT2D eigenvalue weighted by molar-refractivity contribution is -0.143. The predicted molar refractivity (Wildman–Crippen MR) is 250 cm³/mol. The largest absolute Gasteiger partial charge is 0.492 e. The van der Waals surface area contributed by atoms with Crippen LogP contribution < -0.4 is 53.3 Å². The molecule has 356 valence electrons. The number of aryl methyl sites for hydroxylation is 2. The van der Waals surface area contributed by atoms with Crippen LogP contribution in [0.1, 0.15) is 91.5 Å². The van der Waals surface area contributed by atoms with Gasteiger partial charge < -0.3 is 58.2 Å². The van der Waals surface area contributed by atoms with E-state index in [2.05, 4.69) is 33.5 Å². The molecule has 18 heteroatoms. The van der Waals surface area contributed by atoms with Crippen molar-refractivity contribution in [1.29, 1.82) is 5.26 Å². The lowest BCUT2D eigenvalue weighted by atomic mass is 9.93. The van der Waals surface area contributed by atoms with E-state index in [0.29, 0.717) is 45.7 Å². The van der Waals surface area contributed by atoms with Crippen LogP contribution in [-0.4, -0.2) is 111 Å². The molecule has 4 bridgehead atoms. The maximum atomic E-state index is 14.7. The average molecular weight is 911 g/mol. The third kappa shape index (κ3) is 14.0. The molecule has 0 fully saturated rings. The second-order valence-electron chi connectivity index (χ2n) is 16.3. The van der Waals surface area contributed by atoms with E-state index in [1.54, 1.807) is 42.5 Å². The van der Waals surface area contributed by atoms with Crippen LogP contribution in [-0.2, 0) is 36.8 Å². The van der Waals surface area contributed by atoms with Gasteiger partial charge in [0.05, 0.1) is 6.07 Å². The molecular formula is C48H66N10O8. The summed E-state index contributed by atoms with van der Waals surface area (Å²) in [5, 5.41) is 22.7. The molecule has 3 aromatic carbocycles. The molecule has 4 rings (SSSR count). The van der Waals surface area contributed by atoms with Crippen molar-refractivity contribution < 1.29 is 38.2 Å². The molecule has 11 N–H and O–H groups in total. The van der Waals surface area contributed by atoms with Crippen LogP contribution in [0.3, 0.4) is 0 Å². The molecule has 18 nitrogen and oxygen atoms in total. The van der Waals surface area contributed by atoms with Crippen LogP contribution in [0.4, 0.5) is 0 Å². The van der Waals surface area contributed by atoms with Crippen LogP contribution in [0.25, 0.3) is 11.1 Å². The van der Waals surface area contributed by atoms with Crippen LogP contribution in [0.2, 0.25) is 0 Å². The number of carbonyl (C=O) groups is 6. The van der Waals surface area contributed by atoms with Crippen LogP contribution in [0.5, 0.6) is 11.5 Å². The van der Waals surface area contributed by atoms with Crippen molar-refractivity contribution in [1.82, 2.24) is 31.5 Å². The summed E-state index contributed by atoms with van der Waals surface area (Å²) in [5.74, 6) is -3.07. The second-order valence-corrected chi connectivity index (χ2v) is 16.3. The third-order valence-corrected chi connectivity index (χ3v) is 11.2. The first kappa shape index (κ1) is 52.1. The van der Waals surface area contributed by atoms with Gasteiger partial charge in [0, 0.05) is 43.2 Å². The fourth-order valence-electron chi connectivity index (χ4n) is 7.71. The van der Waals surface area contributed by atoms with Gasteiger partial charge in [0.25, 0.3) is 5.91 Å². The molecule has 6 amide bonds. The van der Waals surface area contributed by atoms with E-state index in [0.717, 1.165) is 30.4 Å². The minimum Gasteiger partial charge on any atom is -0.492 e. The highest BCUT2D eigenvalue weighted by molar-refractivity contribution is 6.00. The zero-order chi connectivity index (χ0) is 48.3. The number of nitrogens with zero attached hydrogens (tertiary/aromatic N) is 2. The van der Waals surface area contributed by atoms with Gasteiger partial charge in [-0.2, -0.15) is 5.26 Å². The number of ether oxygens (including phenoxy) is 2. The Hall–Kier alpha value is -6.55. The summed E-state index contributed by atoms with van der Waals surface area (Å²) in [7, 11) is 1.40. The van der Waals surface area contributed by atoms with E-state index in [-0.39, 0.29) is 58.7 Å². The lowest BCUT2D eigenvalue weighted by Crippen LogP contribution is -2.57. The SMILES string of the molecule is CCCCc1ccc(C(=O)N[C@@H](CCC)C(=O)N[C@@H](CCN)C(=O)N(C)[C@@H]2C(=O)N[C@@H](C)C(=O)N[C@H](C(=O)NCC#N)Cc3ccc(OCCN)c(c3)-c3cc2ccc3OCCN)c(C)c1. The highest BCUT2D eigenvalue weighted by Gasteiger charge is 2.37. The van der Waals surface area contributed by atoms with Gasteiger partial charge in [-0.3, -0.25) is 28.8 Å². The molecule has 3 aromatic rings. The number of carbonyl (C=O) groups excluding carboxylic acids is 6. The van der Waals surface area contributed by atoms with Gasteiger partial charge in [0.2, 0.25) is 29.5 Å². The summed E-state index contributed by atoms with van der Waals surface area (Å²) in [6.45, 7) is 7.59. The number of unbranched alkanes of at least 4 members (excludes halogenated alkanes) is 1. The van der Waals surface area contributed by atoms with Crippen LogP contribution in [0, 0.1) is 18.3 Å². The molecule has 0 radical (unpaired) electrons. The van der Waals surface area contributed by atoms with Gasteiger partial charge in [-0.15, -0.1) is 0 Å². The van der Waals surface area contributed by atoms with Gasteiger partial charge in [0.15, 0.2) is 0 Å². The molecule has 0 saturated carbocycles. The number of nitriles is 1. The van der Waals surface area contributed by atoms with Crippen LogP contribution in [0.15, 0.2) is 54.6 Å². The Morgan fingerprint density at radius 1 is 0.848 bits per heavy atom. The molecule has 1 heterocycles. The molecule has 0 spiro atoms. The summed E-state index contributed by atoms with van der Waals surface area (Å²) < 4.78 is 12.2. The molecule has 0 saturated heterocycles. The molecule has 1 aliphatic rings. The molecule has 5 atom stereocenters. The molecule has 1 aliphatic heterocycles. The maximum Gasteiger partial charge on any atom is 0.252 e. The number of hydrogen-bond acceptors (Lipinski definition) is 12. The number of benzene rings is 3. The average Bonchev–Trinajstić information content (AvgIpc) is 3.30. The number of nitrogens with two attached hydrogens (primary N) is 3. The van der Waals surface area contributed by atoms with Crippen molar-refractivity contribution in [3.8, 4) is 28.7 Å². The van der Waals surface area contributed by atoms with E-state index >= 15 is 0 Å². The van der Waals surface area contributed by atoms with E-state index < -0.39 is 65.7 Å². The smallest absolute Gasteiger partial charge is 0.252 e. The summed E-state index contributed by atoms with van der Waals surface area (Å²) in [6, 6.07) is 11.6. The zero-order valence-corrected chi connectivity index (χ0v) is 38.7. The zero-order valence-electron chi connectivity index (χ0n) is 38.7. The van der Waals surface area contributed by atoms with Gasteiger partial charge in [0.1, 0.15) is 61.5 Å². The van der Waals surface area contributed by atoms with Crippen molar-refractivity contribution in [3.63, 3.8) is 0 Å². The standard InChI is InChI=1S/C48H66N10O8/c1-6-8-10-31-11-14-34(29(3)25-31)44(60)55-37(9-7-2)46(62)56-38(17-18-49)48(64)58(5)42-33-13-16-41(66-24-21-52)36(28-33)35-26-32(12-15-40(35)65-23-20-51)27-39(45(61)53-22-19-50)57-43(59)30(4)54-47(42)63/h11-16,25-26,28,30,37-39,42H,6-10,17-18,20-24,27,49,51-52H2,1-5H3,(H,53,61)(H,54,63)(H,55,60)(H,56,62)(H,57,59)/t30-,37-,38-,39-,42-/m0/s1. The van der Waals surface area contributed by atoms with Gasteiger partial charge >= 0.3 is 0 Å². The van der Waals surface area contributed by atoms with Gasteiger partial charge in [-0.25, -0.2) is 0 Å². The Kier molecular flexibility index (Phi) is 20.4. The van der Waals surface area contributed by atoms with E-state index in [1.165, 1.54) is 18.9 Å². The van der Waals surface area contributed by atoms with Gasteiger partial charge in [-0.1, -0.05) is 51.0 Å². The lowest BCUT2D eigenvalue weighted by Gasteiger charge is -2.33. The Bertz CT molecular complexity index is 2230. The molecule has 0 aromatic heterocycles.